The minimum absolute atomic E-state index is 0.144. The highest BCUT2D eigenvalue weighted by molar-refractivity contribution is 7.13. The molecule has 8 heteroatoms. The van der Waals surface area contributed by atoms with Crippen molar-refractivity contribution < 1.29 is 9.21 Å². The highest BCUT2D eigenvalue weighted by atomic mass is 32.1. The fraction of sp³-hybridized carbons (Fsp3) is 0.278. The van der Waals surface area contributed by atoms with Gasteiger partial charge in [0, 0.05) is 32.7 Å². The molecule has 7 nitrogen and oxygen atoms in total. The van der Waals surface area contributed by atoms with Crippen molar-refractivity contribution in [3.8, 4) is 10.8 Å². The maximum absolute atomic E-state index is 12.0. The molecular formula is C18H20N4O3S. The molecule has 3 aromatic rings. The molecule has 136 valence electrons. The van der Waals surface area contributed by atoms with Crippen molar-refractivity contribution in [2.75, 3.05) is 19.0 Å². The summed E-state index contributed by atoms with van der Waals surface area (Å²) in [5, 5.41) is 8.86. The van der Waals surface area contributed by atoms with Gasteiger partial charge in [0.25, 0.3) is 5.89 Å². The summed E-state index contributed by atoms with van der Waals surface area (Å²) in [6.07, 6.45) is 0.159. The van der Waals surface area contributed by atoms with Gasteiger partial charge in [-0.15, -0.1) is 16.4 Å². The molecule has 2 aromatic heterocycles. The Morgan fingerprint density at radius 2 is 2.04 bits per heavy atom. The number of nitrogens with one attached hydrogen (secondary N) is 1. The minimum Gasteiger partial charge on any atom is -0.387 e. The number of carbonyl (C=O) groups is 1. The Bertz CT molecular complexity index is 911. The largest absolute Gasteiger partial charge is 0.437 e. The Kier molecular flexibility index (Phi) is 5.52. The van der Waals surface area contributed by atoms with Crippen LogP contribution in [0, 0.1) is 0 Å². The topological polar surface area (TPSA) is 80.4 Å². The monoisotopic (exact) mass is 372 g/mol. The molecule has 1 N–H and O–H groups in total. The SMILES string of the molecule is CN(C)c1ccc(CNC(=O)CCn2nc(-c3cccs3)oc2=O)cc1. The van der Waals surface area contributed by atoms with Gasteiger partial charge >= 0.3 is 5.76 Å². The van der Waals surface area contributed by atoms with Gasteiger partial charge in [-0.3, -0.25) is 4.79 Å². The molecule has 0 bridgehead atoms. The van der Waals surface area contributed by atoms with Crippen LogP contribution in [-0.2, 0) is 17.9 Å². The van der Waals surface area contributed by atoms with Crippen LogP contribution in [0.15, 0.2) is 51.0 Å². The number of aryl methyl sites for hydroxylation is 1. The van der Waals surface area contributed by atoms with Gasteiger partial charge in [-0.25, -0.2) is 4.79 Å². The molecule has 3 rings (SSSR count). The Hall–Kier alpha value is -2.87. The normalized spacial score (nSPS) is 10.7. The third-order valence-electron chi connectivity index (χ3n) is 3.83. The summed E-state index contributed by atoms with van der Waals surface area (Å²) >= 11 is 1.44. The van der Waals surface area contributed by atoms with Gasteiger partial charge in [-0.1, -0.05) is 18.2 Å². The van der Waals surface area contributed by atoms with E-state index in [1.165, 1.54) is 16.0 Å². The number of hydrogen-bond donors (Lipinski definition) is 1. The number of thiophene rings is 1. The zero-order chi connectivity index (χ0) is 18.5. The van der Waals surface area contributed by atoms with Crippen LogP contribution in [0.2, 0.25) is 0 Å². The summed E-state index contributed by atoms with van der Waals surface area (Å²) < 4.78 is 6.30. The second-order valence-electron chi connectivity index (χ2n) is 5.96. The average molecular weight is 372 g/mol. The molecule has 0 fully saturated rings. The Labute approximate surface area is 154 Å². The van der Waals surface area contributed by atoms with Crippen molar-refractivity contribution in [3.63, 3.8) is 0 Å². The molecule has 0 saturated carbocycles. The first-order chi connectivity index (χ1) is 12.5. The molecule has 1 aromatic carbocycles. The van der Waals surface area contributed by atoms with Crippen molar-refractivity contribution in [1.29, 1.82) is 0 Å². The molecule has 1 amide bonds. The van der Waals surface area contributed by atoms with Crippen LogP contribution in [0.5, 0.6) is 0 Å². The highest BCUT2D eigenvalue weighted by Gasteiger charge is 2.12. The van der Waals surface area contributed by atoms with E-state index >= 15 is 0 Å². The van der Waals surface area contributed by atoms with Crippen LogP contribution in [0.4, 0.5) is 5.69 Å². The van der Waals surface area contributed by atoms with E-state index in [9.17, 15) is 9.59 Å². The quantitative estimate of drug-likeness (QED) is 0.689. The maximum atomic E-state index is 12.0. The summed E-state index contributed by atoms with van der Waals surface area (Å²) in [7, 11) is 3.96. The number of benzene rings is 1. The van der Waals surface area contributed by atoms with Crippen molar-refractivity contribution in [2.45, 2.75) is 19.5 Å². The van der Waals surface area contributed by atoms with Crippen molar-refractivity contribution >= 4 is 22.9 Å². The predicted octanol–water partition coefficient (Wildman–Crippen LogP) is 2.34. The second kappa shape index (κ2) is 8.01. The van der Waals surface area contributed by atoms with Gasteiger partial charge < -0.3 is 14.6 Å². The number of amides is 1. The summed E-state index contributed by atoms with van der Waals surface area (Å²) in [6.45, 7) is 0.625. The predicted molar refractivity (Wildman–Crippen MR) is 101 cm³/mol. The van der Waals surface area contributed by atoms with Crippen molar-refractivity contribution in [1.82, 2.24) is 15.1 Å². The first kappa shape index (κ1) is 17.9. The van der Waals surface area contributed by atoms with Crippen molar-refractivity contribution in [3.05, 3.63) is 57.9 Å². The third-order valence-corrected chi connectivity index (χ3v) is 4.69. The van der Waals surface area contributed by atoms with E-state index in [2.05, 4.69) is 10.4 Å². The van der Waals surface area contributed by atoms with Crippen LogP contribution in [0.25, 0.3) is 10.8 Å². The summed E-state index contributed by atoms with van der Waals surface area (Å²) in [5.41, 5.74) is 2.12. The molecule has 0 atom stereocenters. The first-order valence-corrected chi connectivity index (χ1v) is 9.05. The fourth-order valence-corrected chi connectivity index (χ4v) is 3.00. The molecule has 0 aliphatic rings. The maximum Gasteiger partial charge on any atom is 0.437 e. The zero-order valence-electron chi connectivity index (χ0n) is 14.6. The molecule has 0 saturated heterocycles. The Balaban J connectivity index is 1.50. The minimum atomic E-state index is -0.555. The van der Waals surface area contributed by atoms with Gasteiger partial charge in [0.1, 0.15) is 0 Å². The lowest BCUT2D eigenvalue weighted by Gasteiger charge is -2.12. The van der Waals surface area contributed by atoms with Crippen LogP contribution >= 0.6 is 11.3 Å². The van der Waals surface area contributed by atoms with E-state index in [4.69, 9.17) is 4.42 Å². The summed E-state index contributed by atoms with van der Waals surface area (Å²) in [6, 6.07) is 11.6. The van der Waals surface area contributed by atoms with Gasteiger partial charge in [0.2, 0.25) is 5.91 Å². The van der Waals surface area contributed by atoms with Crippen LogP contribution in [0.1, 0.15) is 12.0 Å². The van der Waals surface area contributed by atoms with E-state index in [0.717, 1.165) is 16.1 Å². The van der Waals surface area contributed by atoms with E-state index in [1.54, 1.807) is 0 Å². The van der Waals surface area contributed by atoms with Gasteiger partial charge in [-0.2, -0.15) is 4.68 Å². The standard InChI is InChI=1S/C18H20N4O3S/c1-21(2)14-7-5-13(6-8-14)12-19-16(23)9-10-22-18(24)25-17(20-22)15-4-3-11-26-15/h3-8,11H,9-10,12H2,1-2H3,(H,19,23). The number of carbonyl (C=O) groups excluding carboxylic acids is 1. The van der Waals surface area contributed by atoms with Crippen molar-refractivity contribution in [2.24, 2.45) is 0 Å². The van der Waals surface area contributed by atoms with E-state index in [1.807, 2.05) is 60.8 Å². The van der Waals surface area contributed by atoms with E-state index in [-0.39, 0.29) is 24.8 Å². The Morgan fingerprint density at radius 3 is 2.69 bits per heavy atom. The summed E-state index contributed by atoms with van der Waals surface area (Å²) in [5.74, 6) is -0.416. The second-order valence-corrected chi connectivity index (χ2v) is 6.91. The number of aromatic nitrogens is 2. The molecule has 26 heavy (non-hydrogen) atoms. The molecule has 2 heterocycles. The van der Waals surface area contributed by atoms with E-state index in [0.29, 0.717) is 6.54 Å². The van der Waals surface area contributed by atoms with Crippen LogP contribution < -0.4 is 16.0 Å². The van der Waals surface area contributed by atoms with Crippen LogP contribution in [0.3, 0.4) is 0 Å². The number of nitrogens with zero attached hydrogens (tertiary/aromatic N) is 3. The lowest BCUT2D eigenvalue weighted by Crippen LogP contribution is -2.26. The smallest absolute Gasteiger partial charge is 0.387 e. The lowest BCUT2D eigenvalue weighted by atomic mass is 10.2. The molecule has 0 radical (unpaired) electrons. The first-order valence-electron chi connectivity index (χ1n) is 8.18. The fourth-order valence-electron chi connectivity index (χ4n) is 2.36. The third kappa shape index (κ3) is 4.40. The molecule has 0 aliphatic carbocycles. The molecular weight excluding hydrogens is 352 g/mol. The number of anilines is 1. The molecule has 0 unspecified atom stereocenters. The van der Waals surface area contributed by atoms with Gasteiger partial charge in [-0.05, 0) is 29.1 Å². The number of hydrogen-bond acceptors (Lipinski definition) is 6. The highest BCUT2D eigenvalue weighted by Crippen LogP contribution is 2.21. The average Bonchev–Trinajstić information content (AvgIpc) is 3.28. The zero-order valence-corrected chi connectivity index (χ0v) is 15.5. The van der Waals surface area contributed by atoms with Crippen LogP contribution in [-0.4, -0.2) is 29.8 Å². The molecule has 0 spiro atoms. The number of rotatable bonds is 7. The lowest BCUT2D eigenvalue weighted by molar-refractivity contribution is -0.121. The van der Waals surface area contributed by atoms with Gasteiger partial charge in [0.05, 0.1) is 11.4 Å². The Morgan fingerprint density at radius 1 is 1.27 bits per heavy atom. The van der Waals surface area contributed by atoms with E-state index < -0.39 is 5.76 Å². The molecule has 0 aliphatic heterocycles. The summed E-state index contributed by atoms with van der Waals surface area (Å²) in [4.78, 5) is 26.6. The van der Waals surface area contributed by atoms with Gasteiger partial charge in [0.15, 0.2) is 0 Å².